The van der Waals surface area contributed by atoms with Crippen LogP contribution < -0.4 is 0 Å². The fourth-order valence-corrected chi connectivity index (χ4v) is 1.36. The SMILES string of the molecule is CC1=C=CC(c2ccccc2)=NC=C1C. The monoisotopic (exact) mass is 195 g/mol. The third kappa shape index (κ3) is 2.15. The molecular formula is C14H13N. The lowest BCUT2D eigenvalue weighted by Gasteiger charge is -1.97. The summed E-state index contributed by atoms with van der Waals surface area (Å²) in [4.78, 5) is 4.44. The Morgan fingerprint density at radius 3 is 2.53 bits per heavy atom. The molecule has 0 radical (unpaired) electrons. The zero-order valence-corrected chi connectivity index (χ0v) is 8.99. The van der Waals surface area contributed by atoms with Gasteiger partial charge in [0.1, 0.15) is 0 Å². The van der Waals surface area contributed by atoms with Crippen molar-refractivity contribution in [1.82, 2.24) is 0 Å². The van der Waals surface area contributed by atoms with E-state index in [4.69, 9.17) is 0 Å². The molecule has 1 aliphatic rings. The van der Waals surface area contributed by atoms with Crippen LogP contribution in [-0.2, 0) is 0 Å². The van der Waals surface area contributed by atoms with Gasteiger partial charge in [0.2, 0.25) is 0 Å². The molecule has 1 nitrogen and oxygen atoms in total. The molecule has 0 N–H and O–H groups in total. The molecule has 2 rings (SSSR count). The lowest BCUT2D eigenvalue weighted by atomic mass is 10.1. The molecule has 74 valence electrons. The Hall–Kier alpha value is -1.85. The number of allylic oxidation sites excluding steroid dienone is 2. The highest BCUT2D eigenvalue weighted by Crippen LogP contribution is 2.12. The number of hydrogen-bond donors (Lipinski definition) is 0. The summed E-state index contributed by atoms with van der Waals surface area (Å²) in [5.74, 6) is 0. The van der Waals surface area contributed by atoms with Crippen molar-refractivity contribution < 1.29 is 0 Å². The molecule has 0 spiro atoms. The fraction of sp³-hybridized carbons (Fsp3) is 0.143. The average molecular weight is 195 g/mol. The molecule has 0 aromatic heterocycles. The van der Waals surface area contributed by atoms with Crippen LogP contribution in [0.25, 0.3) is 0 Å². The Bertz CT molecular complexity index is 483. The van der Waals surface area contributed by atoms with E-state index < -0.39 is 0 Å². The van der Waals surface area contributed by atoms with Crippen molar-refractivity contribution in [3.63, 3.8) is 0 Å². The van der Waals surface area contributed by atoms with E-state index in [2.05, 4.69) is 22.9 Å². The summed E-state index contributed by atoms with van der Waals surface area (Å²) >= 11 is 0. The number of benzene rings is 1. The Morgan fingerprint density at radius 1 is 1.07 bits per heavy atom. The first-order valence-electron chi connectivity index (χ1n) is 5.01. The van der Waals surface area contributed by atoms with E-state index >= 15 is 0 Å². The second kappa shape index (κ2) is 4.12. The van der Waals surface area contributed by atoms with Crippen LogP contribution >= 0.6 is 0 Å². The average Bonchev–Trinajstić information content (AvgIpc) is 2.44. The topological polar surface area (TPSA) is 12.4 Å². The number of rotatable bonds is 1. The van der Waals surface area contributed by atoms with Crippen molar-refractivity contribution in [3.8, 4) is 0 Å². The molecule has 1 aromatic carbocycles. The molecular weight excluding hydrogens is 182 g/mol. The maximum Gasteiger partial charge on any atom is 0.0779 e. The first-order chi connectivity index (χ1) is 7.27. The van der Waals surface area contributed by atoms with Gasteiger partial charge in [-0.2, -0.15) is 0 Å². The fourth-order valence-electron chi connectivity index (χ4n) is 1.36. The second-order valence-electron chi connectivity index (χ2n) is 3.61. The summed E-state index contributed by atoms with van der Waals surface area (Å²) in [7, 11) is 0. The van der Waals surface area contributed by atoms with E-state index in [0.717, 1.165) is 22.4 Å². The van der Waals surface area contributed by atoms with Crippen molar-refractivity contribution in [2.24, 2.45) is 4.99 Å². The maximum atomic E-state index is 4.44. The molecule has 0 bridgehead atoms. The maximum absolute atomic E-state index is 4.44. The minimum Gasteiger partial charge on any atom is -0.255 e. The van der Waals surface area contributed by atoms with Gasteiger partial charge >= 0.3 is 0 Å². The Kier molecular flexibility index (Phi) is 2.66. The summed E-state index contributed by atoms with van der Waals surface area (Å²) in [6.45, 7) is 4.10. The molecule has 0 amide bonds. The first-order valence-corrected chi connectivity index (χ1v) is 5.01. The van der Waals surface area contributed by atoms with Crippen molar-refractivity contribution in [2.45, 2.75) is 13.8 Å². The van der Waals surface area contributed by atoms with E-state index in [0.29, 0.717) is 0 Å². The van der Waals surface area contributed by atoms with Gasteiger partial charge in [0.05, 0.1) is 5.71 Å². The lowest BCUT2D eigenvalue weighted by molar-refractivity contribution is 1.32. The Labute approximate surface area is 90.2 Å². The molecule has 0 aliphatic carbocycles. The smallest absolute Gasteiger partial charge is 0.0779 e. The third-order valence-corrected chi connectivity index (χ3v) is 2.48. The van der Waals surface area contributed by atoms with Crippen molar-refractivity contribution in [3.05, 3.63) is 65.0 Å². The van der Waals surface area contributed by atoms with E-state index in [1.807, 2.05) is 44.3 Å². The van der Waals surface area contributed by atoms with Crippen molar-refractivity contribution in [2.75, 3.05) is 0 Å². The van der Waals surface area contributed by atoms with Gasteiger partial charge in [0.25, 0.3) is 0 Å². The van der Waals surface area contributed by atoms with Gasteiger partial charge in [-0.25, -0.2) is 0 Å². The Morgan fingerprint density at radius 2 is 1.80 bits per heavy atom. The minimum atomic E-state index is 0.965. The van der Waals surface area contributed by atoms with E-state index in [-0.39, 0.29) is 0 Å². The number of nitrogens with zero attached hydrogens (tertiary/aromatic N) is 1. The summed E-state index contributed by atoms with van der Waals surface area (Å²) < 4.78 is 0. The van der Waals surface area contributed by atoms with Gasteiger partial charge in [-0.1, -0.05) is 30.3 Å². The predicted octanol–water partition coefficient (Wildman–Crippen LogP) is 3.49. The lowest BCUT2D eigenvalue weighted by Crippen LogP contribution is -1.93. The van der Waals surface area contributed by atoms with E-state index in [9.17, 15) is 0 Å². The standard InChI is InChI=1S/C14H13N/c1-11-8-9-14(15-10-12(11)2)13-6-4-3-5-7-13/h3-7,9-10H,1-2H3. The Balaban J connectivity index is 2.46. The van der Waals surface area contributed by atoms with Gasteiger partial charge in [-0.15, -0.1) is 5.73 Å². The van der Waals surface area contributed by atoms with Gasteiger partial charge in [0, 0.05) is 17.8 Å². The molecule has 0 fully saturated rings. The zero-order chi connectivity index (χ0) is 10.7. The largest absolute Gasteiger partial charge is 0.255 e. The van der Waals surface area contributed by atoms with Gasteiger partial charge in [0.15, 0.2) is 0 Å². The highest BCUT2D eigenvalue weighted by atomic mass is 14.7. The zero-order valence-electron chi connectivity index (χ0n) is 8.99. The molecule has 1 heteroatoms. The molecule has 0 saturated carbocycles. The second-order valence-corrected chi connectivity index (χ2v) is 3.61. The molecule has 1 aromatic rings. The first kappa shape index (κ1) is 9.70. The van der Waals surface area contributed by atoms with Crippen LogP contribution in [-0.4, -0.2) is 5.71 Å². The molecule has 0 unspecified atom stereocenters. The minimum absolute atomic E-state index is 0.965. The summed E-state index contributed by atoms with van der Waals surface area (Å²) in [5, 5.41) is 0. The van der Waals surface area contributed by atoms with Crippen molar-refractivity contribution >= 4 is 5.71 Å². The van der Waals surface area contributed by atoms with Crippen LogP contribution in [0.1, 0.15) is 19.4 Å². The number of aliphatic imine (C=N–C) groups is 1. The van der Waals surface area contributed by atoms with Gasteiger partial charge < -0.3 is 0 Å². The van der Waals surface area contributed by atoms with Gasteiger partial charge in [-0.05, 0) is 25.0 Å². The van der Waals surface area contributed by atoms with E-state index in [1.165, 1.54) is 0 Å². The highest BCUT2D eigenvalue weighted by molar-refractivity contribution is 6.09. The quantitative estimate of drug-likeness (QED) is 0.608. The third-order valence-electron chi connectivity index (χ3n) is 2.48. The van der Waals surface area contributed by atoms with Crippen LogP contribution in [0.2, 0.25) is 0 Å². The number of hydrogen-bond acceptors (Lipinski definition) is 1. The molecule has 1 heterocycles. The van der Waals surface area contributed by atoms with Gasteiger partial charge in [-0.3, -0.25) is 4.99 Å². The summed E-state index contributed by atoms with van der Waals surface area (Å²) in [6, 6.07) is 10.2. The summed E-state index contributed by atoms with van der Waals surface area (Å²) in [5.41, 5.74) is 7.64. The normalized spacial score (nSPS) is 15.2. The van der Waals surface area contributed by atoms with Crippen LogP contribution in [0.5, 0.6) is 0 Å². The molecule has 0 saturated heterocycles. The summed E-state index contributed by atoms with van der Waals surface area (Å²) in [6.07, 6.45) is 3.84. The van der Waals surface area contributed by atoms with Crippen LogP contribution in [0, 0.1) is 0 Å². The molecule has 1 aliphatic heterocycles. The highest BCUT2D eigenvalue weighted by Gasteiger charge is 2.00. The van der Waals surface area contributed by atoms with Crippen LogP contribution in [0.3, 0.4) is 0 Å². The molecule has 15 heavy (non-hydrogen) atoms. The predicted molar refractivity (Wildman–Crippen MR) is 64.0 cm³/mol. The molecule has 0 atom stereocenters. The van der Waals surface area contributed by atoms with Crippen LogP contribution in [0.15, 0.2) is 64.5 Å². The van der Waals surface area contributed by atoms with Crippen molar-refractivity contribution in [1.29, 1.82) is 0 Å². The van der Waals surface area contributed by atoms with E-state index in [1.54, 1.807) is 0 Å². The van der Waals surface area contributed by atoms with Crippen LogP contribution in [0.4, 0.5) is 0 Å².